The molecule has 0 radical (unpaired) electrons. The van der Waals surface area contributed by atoms with Gasteiger partial charge in [-0.05, 0) is 19.1 Å². The van der Waals surface area contributed by atoms with Gasteiger partial charge < -0.3 is 5.32 Å². The van der Waals surface area contributed by atoms with E-state index in [-0.39, 0.29) is 5.69 Å². The molecular weight excluding hydrogens is 417 g/mol. The summed E-state index contributed by atoms with van der Waals surface area (Å²) in [6, 6.07) is 6.01. The van der Waals surface area contributed by atoms with Crippen LogP contribution in [0.5, 0.6) is 0 Å². The fraction of sp³-hybridized carbons (Fsp3) is 0.0588. The summed E-state index contributed by atoms with van der Waals surface area (Å²) in [6.07, 6.45) is 0. The fourth-order valence-corrected chi connectivity index (χ4v) is 3.44. The summed E-state index contributed by atoms with van der Waals surface area (Å²) in [4.78, 5) is 12.7. The minimum atomic E-state index is -2.34. The molecule has 0 unspecified atom stereocenters. The number of anilines is 1. The van der Waals surface area contributed by atoms with Crippen LogP contribution in [-0.2, 0) is 0 Å². The van der Waals surface area contributed by atoms with E-state index in [4.69, 9.17) is 0 Å². The second-order valence-electron chi connectivity index (χ2n) is 5.83. The minimum Gasteiger partial charge on any atom is -0.322 e. The van der Waals surface area contributed by atoms with Crippen molar-refractivity contribution in [1.82, 2.24) is 19.8 Å². The molecule has 4 rings (SSSR count). The number of rotatable bonds is 3. The highest BCUT2D eigenvalue weighted by Crippen LogP contribution is 2.28. The number of benzene rings is 2. The Kier molecular flexibility index (Phi) is 4.49. The summed E-state index contributed by atoms with van der Waals surface area (Å²) in [5.74, 6) is -12.1. The lowest BCUT2D eigenvalue weighted by atomic mass is 10.1. The predicted octanol–water partition coefficient (Wildman–Crippen LogP) is 4.11. The van der Waals surface area contributed by atoms with Crippen LogP contribution in [0.2, 0.25) is 0 Å². The van der Waals surface area contributed by atoms with Gasteiger partial charge in [0.2, 0.25) is 10.8 Å². The maximum atomic E-state index is 13.8. The second-order valence-corrected chi connectivity index (χ2v) is 6.78. The third-order valence-corrected chi connectivity index (χ3v) is 4.90. The van der Waals surface area contributed by atoms with Gasteiger partial charge in [-0.15, -0.1) is 10.2 Å². The Labute approximate surface area is 162 Å². The fourth-order valence-electron chi connectivity index (χ4n) is 2.56. The van der Waals surface area contributed by atoms with Crippen molar-refractivity contribution >= 4 is 27.9 Å². The first kappa shape index (κ1) is 18.9. The van der Waals surface area contributed by atoms with Gasteiger partial charge in [-0.25, -0.2) is 22.0 Å². The lowest BCUT2D eigenvalue weighted by Crippen LogP contribution is -2.19. The van der Waals surface area contributed by atoms with Crippen LogP contribution in [0.3, 0.4) is 0 Å². The summed E-state index contributed by atoms with van der Waals surface area (Å²) in [6.45, 7) is 1.71. The SMILES string of the molecule is Cc1nnc2sc(-c3cccc(NC(=O)c4c(F)c(F)c(F)c(F)c4F)c3)nn12. The normalized spacial score (nSPS) is 11.2. The molecule has 0 atom stereocenters. The van der Waals surface area contributed by atoms with Gasteiger partial charge in [0, 0.05) is 11.3 Å². The first-order valence-corrected chi connectivity index (χ1v) is 8.71. The molecule has 0 saturated carbocycles. The van der Waals surface area contributed by atoms with Crippen LogP contribution >= 0.6 is 11.3 Å². The van der Waals surface area contributed by atoms with Gasteiger partial charge in [0.25, 0.3) is 5.91 Å². The zero-order valence-electron chi connectivity index (χ0n) is 14.3. The molecular formula is C17H8F5N5OS. The van der Waals surface area contributed by atoms with Crippen LogP contribution in [0.1, 0.15) is 16.2 Å². The molecule has 12 heteroatoms. The molecule has 0 aliphatic carbocycles. The van der Waals surface area contributed by atoms with Crippen LogP contribution in [0.4, 0.5) is 27.6 Å². The van der Waals surface area contributed by atoms with E-state index in [0.717, 1.165) is 0 Å². The van der Waals surface area contributed by atoms with Crippen molar-refractivity contribution in [3.63, 3.8) is 0 Å². The Morgan fingerprint density at radius 2 is 1.66 bits per heavy atom. The first-order valence-electron chi connectivity index (χ1n) is 7.90. The molecule has 2 aromatic carbocycles. The number of halogens is 5. The molecule has 29 heavy (non-hydrogen) atoms. The quantitative estimate of drug-likeness (QED) is 0.305. The summed E-state index contributed by atoms with van der Waals surface area (Å²) in [7, 11) is 0. The molecule has 148 valence electrons. The number of nitrogens with zero attached hydrogens (tertiary/aromatic N) is 4. The Hall–Kier alpha value is -3.41. The van der Waals surface area contributed by atoms with Gasteiger partial charge in [0.05, 0.1) is 0 Å². The highest BCUT2D eigenvalue weighted by atomic mass is 32.1. The minimum absolute atomic E-state index is 0.0686. The van der Waals surface area contributed by atoms with E-state index in [1.807, 2.05) is 0 Å². The van der Waals surface area contributed by atoms with Crippen LogP contribution in [0, 0.1) is 36.0 Å². The van der Waals surface area contributed by atoms with Gasteiger partial charge in [-0.2, -0.15) is 9.61 Å². The molecule has 0 fully saturated rings. The number of carbonyl (C=O) groups is 1. The van der Waals surface area contributed by atoms with Crippen molar-refractivity contribution in [1.29, 1.82) is 0 Å². The van der Waals surface area contributed by atoms with Crippen molar-refractivity contribution in [2.24, 2.45) is 0 Å². The zero-order chi connectivity index (χ0) is 20.9. The number of aromatic nitrogens is 4. The predicted molar refractivity (Wildman–Crippen MR) is 93.0 cm³/mol. The lowest BCUT2D eigenvalue weighted by Gasteiger charge is -2.09. The Morgan fingerprint density at radius 3 is 2.31 bits per heavy atom. The van der Waals surface area contributed by atoms with Crippen LogP contribution in [0.15, 0.2) is 24.3 Å². The molecule has 0 aliphatic rings. The average molecular weight is 425 g/mol. The van der Waals surface area contributed by atoms with E-state index < -0.39 is 40.6 Å². The van der Waals surface area contributed by atoms with E-state index in [9.17, 15) is 26.7 Å². The molecule has 2 aromatic heterocycles. The average Bonchev–Trinajstić information content (AvgIpc) is 3.27. The standard InChI is InChI=1S/C17H8F5N5OS/c1-6-24-25-17-27(6)26-16(29-17)7-3-2-4-8(5-7)23-15(28)9-10(18)12(20)14(22)13(21)11(9)19/h2-5H,1H3,(H,23,28). The number of amides is 1. The van der Waals surface area contributed by atoms with Gasteiger partial charge in [-0.1, -0.05) is 23.5 Å². The first-order chi connectivity index (χ1) is 13.8. The van der Waals surface area contributed by atoms with Crippen molar-refractivity contribution in [3.8, 4) is 10.6 Å². The van der Waals surface area contributed by atoms with E-state index in [1.165, 1.54) is 34.1 Å². The monoisotopic (exact) mass is 425 g/mol. The number of aryl methyl sites for hydroxylation is 1. The number of carbonyl (C=O) groups excluding carboxylic acids is 1. The van der Waals surface area contributed by atoms with Gasteiger partial charge >= 0.3 is 0 Å². The van der Waals surface area contributed by atoms with E-state index >= 15 is 0 Å². The molecule has 0 spiro atoms. The highest BCUT2D eigenvalue weighted by molar-refractivity contribution is 7.19. The molecule has 0 aliphatic heterocycles. The molecule has 0 bridgehead atoms. The third kappa shape index (κ3) is 3.10. The zero-order valence-corrected chi connectivity index (χ0v) is 15.1. The molecule has 2 heterocycles. The summed E-state index contributed by atoms with van der Waals surface area (Å²) in [5.41, 5.74) is -0.963. The maximum Gasteiger partial charge on any atom is 0.261 e. The van der Waals surface area contributed by atoms with Crippen molar-refractivity contribution in [2.45, 2.75) is 6.92 Å². The molecule has 0 saturated heterocycles. The Morgan fingerprint density at radius 1 is 1.00 bits per heavy atom. The number of hydrogen-bond acceptors (Lipinski definition) is 5. The molecule has 1 N–H and O–H groups in total. The molecule has 1 amide bonds. The van der Waals surface area contributed by atoms with E-state index in [1.54, 1.807) is 13.0 Å². The Bertz CT molecular complexity index is 1260. The van der Waals surface area contributed by atoms with E-state index in [2.05, 4.69) is 20.6 Å². The van der Waals surface area contributed by atoms with Crippen molar-refractivity contribution < 1.29 is 26.7 Å². The lowest BCUT2D eigenvalue weighted by molar-refractivity contribution is 0.101. The van der Waals surface area contributed by atoms with Gasteiger partial charge in [0.15, 0.2) is 29.1 Å². The second kappa shape index (κ2) is 6.88. The van der Waals surface area contributed by atoms with E-state index in [0.29, 0.717) is 21.4 Å². The number of nitrogens with one attached hydrogen (secondary N) is 1. The third-order valence-electron chi connectivity index (χ3n) is 3.95. The number of fused-ring (bicyclic) bond motifs is 1. The topological polar surface area (TPSA) is 72.2 Å². The highest BCUT2D eigenvalue weighted by Gasteiger charge is 2.29. The summed E-state index contributed by atoms with van der Waals surface area (Å²) < 4.78 is 68.9. The van der Waals surface area contributed by atoms with Crippen molar-refractivity contribution in [2.75, 3.05) is 5.32 Å². The number of hydrogen-bond donors (Lipinski definition) is 1. The Balaban J connectivity index is 1.67. The largest absolute Gasteiger partial charge is 0.322 e. The van der Waals surface area contributed by atoms with Crippen LogP contribution in [0.25, 0.3) is 15.5 Å². The molecule has 4 aromatic rings. The molecule has 6 nitrogen and oxygen atoms in total. The smallest absolute Gasteiger partial charge is 0.261 e. The summed E-state index contributed by atoms with van der Waals surface area (Å²) >= 11 is 1.21. The van der Waals surface area contributed by atoms with Gasteiger partial charge in [-0.3, -0.25) is 4.79 Å². The van der Waals surface area contributed by atoms with Crippen molar-refractivity contribution in [3.05, 3.63) is 64.7 Å². The maximum absolute atomic E-state index is 13.8. The van der Waals surface area contributed by atoms with Crippen LogP contribution in [-0.4, -0.2) is 25.7 Å². The van der Waals surface area contributed by atoms with Crippen LogP contribution < -0.4 is 5.32 Å². The van der Waals surface area contributed by atoms with Gasteiger partial charge in [0.1, 0.15) is 10.6 Å². The summed E-state index contributed by atoms with van der Waals surface area (Å²) in [5, 5.41) is 14.8.